The largest absolute Gasteiger partial charge is 0.336 e. The Morgan fingerprint density at radius 3 is 2.26 bits per heavy atom. The first-order valence-electron chi connectivity index (χ1n) is 9.22. The fourth-order valence-corrected chi connectivity index (χ4v) is 4.11. The van der Waals surface area contributed by atoms with E-state index in [1.54, 1.807) is 11.1 Å². The number of hydrogen-bond acceptors (Lipinski definition) is 5. The number of hydrogen-bond donors (Lipinski definition) is 0. The lowest BCUT2D eigenvalue weighted by Gasteiger charge is -2.33. The van der Waals surface area contributed by atoms with Crippen molar-refractivity contribution in [2.45, 2.75) is 39.7 Å². The third kappa shape index (κ3) is 3.84. The van der Waals surface area contributed by atoms with Crippen molar-refractivity contribution in [1.29, 1.82) is 0 Å². The average molecular weight is 394 g/mol. The second-order valence-electron chi connectivity index (χ2n) is 7.62. The molecule has 1 fully saturated rings. The fourth-order valence-electron chi connectivity index (χ4n) is 3.28. The SMILES string of the molecule is CC(C)c1cc(C(=O)N2CCN(S(C)(=O)=O)CC2)c2cnn(C(C)C)c2n1. The summed E-state index contributed by atoms with van der Waals surface area (Å²) >= 11 is 0. The molecule has 0 unspecified atom stereocenters. The smallest absolute Gasteiger partial charge is 0.254 e. The zero-order chi connectivity index (χ0) is 19.9. The summed E-state index contributed by atoms with van der Waals surface area (Å²) in [5, 5.41) is 5.16. The van der Waals surface area contributed by atoms with Crippen LogP contribution in [0.25, 0.3) is 11.0 Å². The average Bonchev–Trinajstić information content (AvgIpc) is 3.03. The van der Waals surface area contributed by atoms with Gasteiger partial charge in [-0.2, -0.15) is 9.40 Å². The predicted molar refractivity (Wildman–Crippen MR) is 104 cm³/mol. The molecule has 1 saturated heterocycles. The van der Waals surface area contributed by atoms with E-state index >= 15 is 0 Å². The summed E-state index contributed by atoms with van der Waals surface area (Å²) in [6, 6.07) is 1.99. The second kappa shape index (κ2) is 7.20. The highest BCUT2D eigenvalue weighted by molar-refractivity contribution is 7.88. The Balaban J connectivity index is 1.97. The van der Waals surface area contributed by atoms with Gasteiger partial charge < -0.3 is 4.90 Å². The Hall–Kier alpha value is -2.00. The molecule has 0 atom stereocenters. The number of carbonyl (C=O) groups is 1. The van der Waals surface area contributed by atoms with E-state index in [-0.39, 0.29) is 17.9 Å². The van der Waals surface area contributed by atoms with Crippen molar-refractivity contribution in [3.05, 3.63) is 23.5 Å². The Bertz CT molecular complexity index is 957. The van der Waals surface area contributed by atoms with E-state index in [2.05, 4.69) is 5.10 Å². The van der Waals surface area contributed by atoms with E-state index in [1.807, 2.05) is 38.4 Å². The maximum atomic E-state index is 13.2. The number of carbonyl (C=O) groups excluding carboxylic acids is 1. The van der Waals surface area contributed by atoms with Crippen LogP contribution in [0, 0.1) is 0 Å². The molecule has 0 saturated carbocycles. The number of aromatic nitrogens is 3. The van der Waals surface area contributed by atoms with E-state index in [1.165, 1.54) is 10.6 Å². The molecule has 148 valence electrons. The molecule has 9 heteroatoms. The number of nitrogens with zero attached hydrogens (tertiary/aromatic N) is 5. The first kappa shape index (κ1) is 19.8. The normalized spacial score (nSPS) is 16.6. The van der Waals surface area contributed by atoms with Crippen LogP contribution >= 0.6 is 0 Å². The third-order valence-electron chi connectivity index (χ3n) is 4.89. The Morgan fingerprint density at radius 2 is 1.74 bits per heavy atom. The standard InChI is InChI=1S/C18H27N5O3S/c1-12(2)16-10-14(15-11-19-23(13(3)4)17(15)20-16)18(24)21-6-8-22(9-7-21)27(5,25)26/h10-13H,6-9H2,1-5H3. The Kier molecular flexibility index (Phi) is 5.27. The van der Waals surface area contributed by atoms with Crippen molar-refractivity contribution in [3.63, 3.8) is 0 Å². The topological polar surface area (TPSA) is 88.4 Å². The Morgan fingerprint density at radius 1 is 1.11 bits per heavy atom. The molecule has 0 bridgehead atoms. The molecule has 1 aliphatic heterocycles. The van der Waals surface area contributed by atoms with Crippen LogP contribution in [-0.2, 0) is 10.0 Å². The van der Waals surface area contributed by atoms with Crippen LogP contribution in [0.4, 0.5) is 0 Å². The maximum Gasteiger partial charge on any atom is 0.254 e. The van der Waals surface area contributed by atoms with Crippen LogP contribution in [0.1, 0.15) is 55.7 Å². The summed E-state index contributed by atoms with van der Waals surface area (Å²) in [6.45, 7) is 9.55. The van der Waals surface area contributed by atoms with Crippen LogP contribution in [-0.4, -0.2) is 70.7 Å². The van der Waals surface area contributed by atoms with Crippen LogP contribution < -0.4 is 0 Å². The third-order valence-corrected chi connectivity index (χ3v) is 6.20. The lowest BCUT2D eigenvalue weighted by Crippen LogP contribution is -2.50. The molecule has 0 radical (unpaired) electrons. The molecule has 0 aromatic carbocycles. The highest BCUT2D eigenvalue weighted by Gasteiger charge is 2.28. The molecule has 1 aliphatic rings. The van der Waals surface area contributed by atoms with Crippen molar-refractivity contribution in [1.82, 2.24) is 24.0 Å². The van der Waals surface area contributed by atoms with Crippen molar-refractivity contribution in [3.8, 4) is 0 Å². The highest BCUT2D eigenvalue weighted by Crippen LogP contribution is 2.25. The van der Waals surface area contributed by atoms with Gasteiger partial charge in [-0.1, -0.05) is 13.8 Å². The van der Waals surface area contributed by atoms with E-state index in [0.717, 1.165) is 11.1 Å². The number of rotatable bonds is 4. The predicted octanol–water partition coefficient (Wildman–Crippen LogP) is 1.85. The summed E-state index contributed by atoms with van der Waals surface area (Å²) < 4.78 is 26.6. The van der Waals surface area contributed by atoms with Gasteiger partial charge in [-0.05, 0) is 25.8 Å². The maximum absolute atomic E-state index is 13.2. The minimum Gasteiger partial charge on any atom is -0.336 e. The summed E-state index contributed by atoms with van der Waals surface area (Å²) in [6.07, 6.45) is 2.90. The van der Waals surface area contributed by atoms with Crippen LogP contribution in [0.5, 0.6) is 0 Å². The van der Waals surface area contributed by atoms with Gasteiger partial charge in [0.2, 0.25) is 10.0 Å². The van der Waals surface area contributed by atoms with E-state index in [9.17, 15) is 13.2 Å². The highest BCUT2D eigenvalue weighted by atomic mass is 32.2. The van der Waals surface area contributed by atoms with Gasteiger partial charge in [-0.15, -0.1) is 0 Å². The quantitative estimate of drug-likeness (QED) is 0.791. The first-order chi connectivity index (χ1) is 12.6. The van der Waals surface area contributed by atoms with E-state index in [0.29, 0.717) is 37.4 Å². The molecule has 2 aromatic rings. The molecule has 3 rings (SSSR count). The molecule has 2 aromatic heterocycles. The van der Waals surface area contributed by atoms with Crippen LogP contribution in [0.3, 0.4) is 0 Å². The molecular weight excluding hydrogens is 366 g/mol. The van der Waals surface area contributed by atoms with Crippen molar-refractivity contribution in [2.75, 3.05) is 32.4 Å². The van der Waals surface area contributed by atoms with Gasteiger partial charge in [0, 0.05) is 37.9 Å². The monoisotopic (exact) mass is 393 g/mol. The van der Waals surface area contributed by atoms with Crippen molar-refractivity contribution in [2.24, 2.45) is 0 Å². The lowest BCUT2D eigenvalue weighted by atomic mass is 10.0. The zero-order valence-electron chi connectivity index (χ0n) is 16.5. The number of amides is 1. The molecule has 0 spiro atoms. The van der Waals surface area contributed by atoms with E-state index < -0.39 is 10.0 Å². The fraction of sp³-hybridized carbons (Fsp3) is 0.611. The van der Waals surface area contributed by atoms with Gasteiger partial charge in [0.05, 0.1) is 23.4 Å². The molecule has 8 nitrogen and oxygen atoms in total. The summed E-state index contributed by atoms with van der Waals surface area (Å²) in [4.78, 5) is 19.7. The minimum absolute atomic E-state index is 0.0965. The van der Waals surface area contributed by atoms with Gasteiger partial charge in [0.25, 0.3) is 5.91 Å². The molecular formula is C18H27N5O3S. The van der Waals surface area contributed by atoms with Gasteiger partial charge in [0.1, 0.15) is 0 Å². The number of pyridine rings is 1. The molecule has 0 aliphatic carbocycles. The Labute approximate surface area is 160 Å². The first-order valence-corrected chi connectivity index (χ1v) is 11.1. The molecule has 1 amide bonds. The number of piperazine rings is 1. The second-order valence-corrected chi connectivity index (χ2v) is 9.61. The molecule has 0 N–H and O–H groups in total. The van der Waals surface area contributed by atoms with Gasteiger partial charge >= 0.3 is 0 Å². The zero-order valence-corrected chi connectivity index (χ0v) is 17.3. The van der Waals surface area contributed by atoms with Gasteiger partial charge in [0.15, 0.2) is 5.65 Å². The van der Waals surface area contributed by atoms with Crippen molar-refractivity contribution < 1.29 is 13.2 Å². The van der Waals surface area contributed by atoms with Crippen LogP contribution in [0.2, 0.25) is 0 Å². The summed E-state index contributed by atoms with van der Waals surface area (Å²) in [5.74, 6) is 0.0827. The lowest BCUT2D eigenvalue weighted by molar-refractivity contribution is 0.0700. The van der Waals surface area contributed by atoms with Crippen molar-refractivity contribution >= 4 is 27.0 Å². The summed E-state index contributed by atoms with van der Waals surface area (Å²) in [5.41, 5.74) is 2.15. The van der Waals surface area contributed by atoms with Gasteiger partial charge in [-0.3, -0.25) is 4.79 Å². The minimum atomic E-state index is -3.23. The summed E-state index contributed by atoms with van der Waals surface area (Å²) in [7, 11) is -3.23. The molecule has 3 heterocycles. The molecule has 27 heavy (non-hydrogen) atoms. The number of fused-ring (bicyclic) bond motifs is 1. The number of sulfonamides is 1. The van der Waals surface area contributed by atoms with E-state index in [4.69, 9.17) is 4.98 Å². The van der Waals surface area contributed by atoms with Crippen LogP contribution in [0.15, 0.2) is 12.3 Å². The van der Waals surface area contributed by atoms with Gasteiger partial charge in [-0.25, -0.2) is 18.1 Å².